The number of aromatic nitrogens is 4. The first-order valence-corrected chi connectivity index (χ1v) is 5.99. The summed E-state index contributed by atoms with van der Waals surface area (Å²) < 4.78 is 2.06. The van der Waals surface area contributed by atoms with Crippen LogP contribution in [-0.4, -0.2) is 19.5 Å². The van der Waals surface area contributed by atoms with Gasteiger partial charge in [-0.3, -0.25) is 11.3 Å². The molecule has 19 heavy (non-hydrogen) atoms. The summed E-state index contributed by atoms with van der Waals surface area (Å²) in [4.78, 5) is 12.4. The van der Waals surface area contributed by atoms with Crippen molar-refractivity contribution in [3.63, 3.8) is 0 Å². The molecule has 0 saturated carbocycles. The zero-order valence-corrected chi connectivity index (χ0v) is 10.3. The largest absolute Gasteiger partial charge is 0.329 e. The highest BCUT2D eigenvalue weighted by atomic mass is 15.3. The summed E-state index contributed by atoms with van der Waals surface area (Å²) in [7, 11) is 0. The average molecular weight is 254 g/mol. The molecular formula is C13H14N6. The van der Waals surface area contributed by atoms with Crippen molar-refractivity contribution in [1.82, 2.24) is 24.9 Å². The number of nitrogens with zero attached hydrogens (tertiary/aromatic N) is 4. The highest BCUT2D eigenvalue weighted by Crippen LogP contribution is 2.17. The van der Waals surface area contributed by atoms with Crippen molar-refractivity contribution < 1.29 is 0 Å². The predicted molar refractivity (Wildman–Crippen MR) is 71.8 cm³/mol. The third-order valence-corrected chi connectivity index (χ3v) is 3.09. The molecule has 2 aromatic heterocycles. The summed E-state index contributed by atoms with van der Waals surface area (Å²) in [5.74, 6) is 5.63. The standard InChI is InChI=1S/C13H14N6/c14-18-12(10-5-15-8-16-6-10)7-19-9-17-11-3-1-2-4-13(11)19/h1-6,8-9,12,18H,7,14H2. The van der Waals surface area contributed by atoms with E-state index in [1.807, 2.05) is 30.6 Å². The third-order valence-electron chi connectivity index (χ3n) is 3.09. The first-order valence-electron chi connectivity index (χ1n) is 5.99. The Morgan fingerprint density at radius 3 is 2.79 bits per heavy atom. The van der Waals surface area contributed by atoms with Crippen LogP contribution in [0.5, 0.6) is 0 Å². The van der Waals surface area contributed by atoms with E-state index in [9.17, 15) is 0 Å². The Kier molecular flexibility index (Phi) is 3.18. The quantitative estimate of drug-likeness (QED) is 0.537. The molecule has 1 atom stereocenters. The molecule has 3 aromatic rings. The van der Waals surface area contributed by atoms with Crippen molar-refractivity contribution in [3.05, 3.63) is 54.9 Å². The molecule has 1 unspecified atom stereocenters. The molecule has 6 nitrogen and oxygen atoms in total. The van der Waals surface area contributed by atoms with Gasteiger partial charge >= 0.3 is 0 Å². The van der Waals surface area contributed by atoms with Gasteiger partial charge in [-0.15, -0.1) is 0 Å². The van der Waals surface area contributed by atoms with Gasteiger partial charge in [-0.05, 0) is 12.1 Å². The second-order valence-electron chi connectivity index (χ2n) is 4.28. The molecule has 0 bridgehead atoms. The SMILES string of the molecule is NNC(Cn1cnc2ccccc21)c1cncnc1. The first-order chi connectivity index (χ1) is 9.38. The third kappa shape index (κ3) is 2.31. The van der Waals surface area contributed by atoms with Crippen molar-refractivity contribution in [2.24, 2.45) is 5.84 Å². The molecule has 0 aliphatic carbocycles. The highest BCUT2D eigenvalue weighted by Gasteiger charge is 2.12. The molecular weight excluding hydrogens is 240 g/mol. The lowest BCUT2D eigenvalue weighted by Crippen LogP contribution is -2.31. The Balaban J connectivity index is 1.91. The number of imidazole rings is 1. The molecule has 2 heterocycles. The van der Waals surface area contributed by atoms with Crippen molar-refractivity contribution in [1.29, 1.82) is 0 Å². The van der Waals surface area contributed by atoms with Gasteiger partial charge in [-0.2, -0.15) is 0 Å². The smallest absolute Gasteiger partial charge is 0.115 e. The lowest BCUT2D eigenvalue weighted by molar-refractivity contribution is 0.479. The molecule has 0 radical (unpaired) electrons. The summed E-state index contributed by atoms with van der Waals surface area (Å²) in [6.45, 7) is 0.671. The van der Waals surface area contributed by atoms with Gasteiger partial charge in [-0.1, -0.05) is 12.1 Å². The van der Waals surface area contributed by atoms with Gasteiger partial charge in [-0.25, -0.2) is 15.0 Å². The molecule has 3 N–H and O–H groups in total. The van der Waals surface area contributed by atoms with Crippen LogP contribution in [0.2, 0.25) is 0 Å². The van der Waals surface area contributed by atoms with Crippen molar-refractivity contribution >= 4 is 11.0 Å². The number of hydrazine groups is 1. The minimum Gasteiger partial charge on any atom is -0.329 e. The van der Waals surface area contributed by atoms with Crippen LogP contribution in [0.4, 0.5) is 0 Å². The molecule has 0 amide bonds. The molecule has 0 saturated heterocycles. The summed E-state index contributed by atoms with van der Waals surface area (Å²) in [5.41, 5.74) is 5.80. The Hall–Kier alpha value is -2.31. The van der Waals surface area contributed by atoms with Gasteiger partial charge in [0.1, 0.15) is 6.33 Å². The van der Waals surface area contributed by atoms with Crippen molar-refractivity contribution in [3.8, 4) is 0 Å². The van der Waals surface area contributed by atoms with Crippen LogP contribution in [0, 0.1) is 0 Å². The first kappa shape index (κ1) is 11.8. The maximum absolute atomic E-state index is 5.63. The summed E-state index contributed by atoms with van der Waals surface area (Å²) in [6.07, 6.45) is 6.84. The van der Waals surface area contributed by atoms with E-state index in [1.54, 1.807) is 12.4 Å². The van der Waals surface area contributed by atoms with Crippen LogP contribution in [0.3, 0.4) is 0 Å². The summed E-state index contributed by atoms with van der Waals surface area (Å²) in [5, 5.41) is 0. The maximum atomic E-state index is 5.63. The van der Waals surface area contributed by atoms with Crippen LogP contribution in [0.25, 0.3) is 11.0 Å². The van der Waals surface area contributed by atoms with Gasteiger partial charge in [0, 0.05) is 24.5 Å². The second kappa shape index (κ2) is 5.13. The normalized spacial score (nSPS) is 12.7. The maximum Gasteiger partial charge on any atom is 0.115 e. The molecule has 1 aromatic carbocycles. The van der Waals surface area contributed by atoms with Crippen LogP contribution in [-0.2, 0) is 6.54 Å². The van der Waals surface area contributed by atoms with E-state index in [2.05, 4.69) is 24.9 Å². The minimum absolute atomic E-state index is 0.0567. The molecule has 0 aliphatic heterocycles. The predicted octanol–water partition coefficient (Wildman–Crippen LogP) is 1.03. The number of benzene rings is 1. The van der Waals surface area contributed by atoms with Gasteiger partial charge in [0.25, 0.3) is 0 Å². The van der Waals surface area contributed by atoms with Crippen molar-refractivity contribution in [2.75, 3.05) is 0 Å². The van der Waals surface area contributed by atoms with E-state index in [0.717, 1.165) is 16.6 Å². The molecule has 0 fully saturated rings. The number of rotatable bonds is 4. The Labute approximate surface area is 110 Å². The van der Waals surface area contributed by atoms with Gasteiger partial charge in [0.15, 0.2) is 0 Å². The van der Waals surface area contributed by atoms with E-state index >= 15 is 0 Å². The molecule has 0 aliphatic rings. The topological polar surface area (TPSA) is 81.6 Å². The zero-order chi connectivity index (χ0) is 13.1. The monoisotopic (exact) mass is 254 g/mol. The number of para-hydroxylation sites is 2. The number of nitrogens with two attached hydrogens (primary N) is 1. The fourth-order valence-corrected chi connectivity index (χ4v) is 2.10. The second-order valence-corrected chi connectivity index (χ2v) is 4.28. The Bertz CT molecular complexity index is 663. The number of fused-ring (bicyclic) bond motifs is 1. The molecule has 3 rings (SSSR count). The van der Waals surface area contributed by atoms with Crippen LogP contribution in [0.1, 0.15) is 11.6 Å². The van der Waals surface area contributed by atoms with Crippen molar-refractivity contribution in [2.45, 2.75) is 12.6 Å². The summed E-state index contributed by atoms with van der Waals surface area (Å²) >= 11 is 0. The van der Waals surface area contributed by atoms with Gasteiger partial charge in [0.2, 0.25) is 0 Å². The van der Waals surface area contributed by atoms with E-state index in [4.69, 9.17) is 5.84 Å². The zero-order valence-electron chi connectivity index (χ0n) is 10.3. The van der Waals surface area contributed by atoms with Crippen LogP contribution in [0.15, 0.2) is 49.3 Å². The van der Waals surface area contributed by atoms with E-state index in [1.165, 1.54) is 6.33 Å². The van der Waals surface area contributed by atoms with E-state index < -0.39 is 0 Å². The minimum atomic E-state index is -0.0567. The van der Waals surface area contributed by atoms with E-state index in [0.29, 0.717) is 6.54 Å². The molecule has 6 heteroatoms. The van der Waals surface area contributed by atoms with E-state index in [-0.39, 0.29) is 6.04 Å². The average Bonchev–Trinajstić information content (AvgIpc) is 2.89. The summed E-state index contributed by atoms with van der Waals surface area (Å²) in [6, 6.07) is 7.94. The lowest BCUT2D eigenvalue weighted by Gasteiger charge is -2.16. The number of hydrogen-bond acceptors (Lipinski definition) is 5. The number of hydrogen-bond donors (Lipinski definition) is 2. The Morgan fingerprint density at radius 1 is 1.21 bits per heavy atom. The Morgan fingerprint density at radius 2 is 2.00 bits per heavy atom. The highest BCUT2D eigenvalue weighted by molar-refractivity contribution is 5.74. The fourth-order valence-electron chi connectivity index (χ4n) is 2.10. The fraction of sp³-hybridized carbons (Fsp3) is 0.154. The van der Waals surface area contributed by atoms with Gasteiger partial charge in [0.05, 0.1) is 23.4 Å². The lowest BCUT2D eigenvalue weighted by atomic mass is 10.1. The molecule has 96 valence electrons. The van der Waals surface area contributed by atoms with Crippen LogP contribution < -0.4 is 11.3 Å². The van der Waals surface area contributed by atoms with Crippen LogP contribution >= 0.6 is 0 Å². The number of nitrogens with one attached hydrogen (secondary N) is 1. The van der Waals surface area contributed by atoms with Gasteiger partial charge < -0.3 is 4.57 Å². The molecule has 0 spiro atoms.